The Balaban J connectivity index is 1.89. The summed E-state index contributed by atoms with van der Waals surface area (Å²) in [6.45, 7) is 2.24. The van der Waals surface area contributed by atoms with E-state index in [1.807, 2.05) is 6.07 Å². The fraction of sp³-hybridized carbons (Fsp3) is 0.429. The Morgan fingerprint density at radius 3 is 2.94 bits per heavy atom. The molecule has 0 aliphatic carbocycles. The van der Waals surface area contributed by atoms with Gasteiger partial charge < -0.3 is 10.1 Å². The van der Waals surface area contributed by atoms with E-state index >= 15 is 0 Å². The van der Waals surface area contributed by atoms with E-state index in [4.69, 9.17) is 10.00 Å². The molecule has 0 spiro atoms. The predicted octanol–water partition coefficient (Wildman–Crippen LogP) is 1.71. The Morgan fingerprint density at radius 1 is 1.44 bits per heavy atom. The summed E-state index contributed by atoms with van der Waals surface area (Å²) in [4.78, 5) is 11.9. The number of nitrogens with one attached hydrogen (secondary N) is 1. The molecule has 0 aromatic heterocycles. The van der Waals surface area contributed by atoms with Crippen molar-refractivity contribution in [3.63, 3.8) is 0 Å². The van der Waals surface area contributed by atoms with Crippen LogP contribution in [-0.4, -0.2) is 25.7 Å². The number of nitriles is 1. The van der Waals surface area contributed by atoms with Gasteiger partial charge in [0.05, 0.1) is 11.6 Å². The summed E-state index contributed by atoms with van der Waals surface area (Å²) in [5.74, 6) is 0.389. The average molecular weight is 244 g/mol. The first kappa shape index (κ1) is 12.6. The highest BCUT2D eigenvalue weighted by Crippen LogP contribution is 2.13. The largest absolute Gasteiger partial charge is 0.381 e. The van der Waals surface area contributed by atoms with Gasteiger partial charge in [-0.25, -0.2) is 0 Å². The lowest BCUT2D eigenvalue weighted by Crippen LogP contribution is -2.32. The third-order valence-electron chi connectivity index (χ3n) is 3.15. The van der Waals surface area contributed by atoms with E-state index in [1.54, 1.807) is 24.3 Å². The van der Waals surface area contributed by atoms with Crippen LogP contribution < -0.4 is 5.32 Å². The van der Waals surface area contributed by atoms with Crippen molar-refractivity contribution >= 4 is 5.91 Å². The Hall–Kier alpha value is -1.86. The van der Waals surface area contributed by atoms with Gasteiger partial charge in [-0.3, -0.25) is 4.79 Å². The van der Waals surface area contributed by atoms with Crippen molar-refractivity contribution in [3.8, 4) is 6.07 Å². The Labute approximate surface area is 107 Å². The molecule has 1 aromatic carbocycles. The number of nitrogens with zero attached hydrogens (tertiary/aromatic N) is 1. The van der Waals surface area contributed by atoms with Crippen LogP contribution in [0.3, 0.4) is 0 Å². The zero-order chi connectivity index (χ0) is 12.8. The van der Waals surface area contributed by atoms with E-state index in [1.165, 1.54) is 0 Å². The van der Waals surface area contributed by atoms with Gasteiger partial charge in [-0.05, 0) is 37.0 Å². The number of hydrogen-bond donors (Lipinski definition) is 1. The molecule has 1 aliphatic rings. The first-order valence-corrected chi connectivity index (χ1v) is 6.15. The molecule has 18 heavy (non-hydrogen) atoms. The normalized spacial score (nSPS) is 15.9. The number of benzene rings is 1. The van der Waals surface area contributed by atoms with Gasteiger partial charge in [0.25, 0.3) is 5.91 Å². The highest BCUT2D eigenvalue weighted by Gasteiger charge is 2.15. The van der Waals surface area contributed by atoms with Gasteiger partial charge in [0.1, 0.15) is 0 Å². The SMILES string of the molecule is N#Cc1cccc(C(=O)NCC2CCOCC2)c1. The summed E-state index contributed by atoms with van der Waals surface area (Å²) in [6, 6.07) is 8.78. The fourth-order valence-corrected chi connectivity index (χ4v) is 2.02. The summed E-state index contributed by atoms with van der Waals surface area (Å²) >= 11 is 0. The highest BCUT2D eigenvalue weighted by molar-refractivity contribution is 5.94. The lowest BCUT2D eigenvalue weighted by Gasteiger charge is -2.22. The Morgan fingerprint density at radius 2 is 2.22 bits per heavy atom. The zero-order valence-electron chi connectivity index (χ0n) is 10.2. The van der Waals surface area contributed by atoms with Crippen LogP contribution in [0.25, 0.3) is 0 Å². The minimum Gasteiger partial charge on any atom is -0.381 e. The van der Waals surface area contributed by atoms with Crippen molar-refractivity contribution in [3.05, 3.63) is 35.4 Å². The number of rotatable bonds is 3. The summed E-state index contributed by atoms with van der Waals surface area (Å²) in [5, 5.41) is 11.7. The van der Waals surface area contributed by atoms with Crippen LogP contribution in [0.1, 0.15) is 28.8 Å². The maximum Gasteiger partial charge on any atom is 0.251 e. The first-order valence-electron chi connectivity index (χ1n) is 6.15. The van der Waals surface area contributed by atoms with E-state index < -0.39 is 0 Å². The minimum atomic E-state index is -0.112. The molecule has 1 heterocycles. The second kappa shape index (κ2) is 6.18. The molecule has 0 bridgehead atoms. The number of carbonyl (C=O) groups is 1. The molecule has 2 rings (SSSR count). The highest BCUT2D eigenvalue weighted by atomic mass is 16.5. The van der Waals surface area contributed by atoms with E-state index in [0.29, 0.717) is 23.6 Å². The van der Waals surface area contributed by atoms with E-state index in [0.717, 1.165) is 26.1 Å². The average Bonchev–Trinajstić information content (AvgIpc) is 2.46. The van der Waals surface area contributed by atoms with Crippen LogP contribution >= 0.6 is 0 Å². The Bertz CT molecular complexity index is 459. The summed E-state index contributed by atoms with van der Waals surface area (Å²) in [6.07, 6.45) is 2.00. The molecule has 4 nitrogen and oxygen atoms in total. The predicted molar refractivity (Wildman–Crippen MR) is 67.0 cm³/mol. The van der Waals surface area contributed by atoms with Crippen LogP contribution in [0.15, 0.2) is 24.3 Å². The van der Waals surface area contributed by atoms with Crippen molar-refractivity contribution in [2.24, 2.45) is 5.92 Å². The van der Waals surface area contributed by atoms with E-state index in [-0.39, 0.29) is 5.91 Å². The quantitative estimate of drug-likeness (QED) is 0.880. The molecule has 1 amide bonds. The summed E-state index contributed by atoms with van der Waals surface area (Å²) < 4.78 is 5.27. The number of hydrogen-bond acceptors (Lipinski definition) is 3. The fourth-order valence-electron chi connectivity index (χ4n) is 2.02. The van der Waals surface area contributed by atoms with Gasteiger partial charge in [0.15, 0.2) is 0 Å². The standard InChI is InChI=1S/C14H16N2O2/c15-9-12-2-1-3-13(8-12)14(17)16-10-11-4-6-18-7-5-11/h1-3,8,11H,4-7,10H2,(H,16,17). The van der Waals surface area contributed by atoms with Gasteiger partial charge in [-0.2, -0.15) is 5.26 Å². The van der Waals surface area contributed by atoms with Crippen molar-refractivity contribution in [2.45, 2.75) is 12.8 Å². The lowest BCUT2D eigenvalue weighted by molar-refractivity contribution is 0.0642. The summed E-state index contributed by atoms with van der Waals surface area (Å²) in [7, 11) is 0. The van der Waals surface area contributed by atoms with Crippen LogP contribution in [-0.2, 0) is 4.74 Å². The molecular weight excluding hydrogens is 228 g/mol. The lowest BCUT2D eigenvalue weighted by atomic mass is 10.0. The van der Waals surface area contributed by atoms with Crippen molar-refractivity contribution < 1.29 is 9.53 Å². The monoisotopic (exact) mass is 244 g/mol. The maximum atomic E-state index is 11.9. The molecule has 0 atom stereocenters. The molecule has 0 saturated carbocycles. The number of amides is 1. The first-order chi connectivity index (χ1) is 8.79. The molecule has 1 N–H and O–H groups in total. The molecule has 1 saturated heterocycles. The van der Waals surface area contributed by atoms with Crippen LogP contribution in [0.4, 0.5) is 0 Å². The van der Waals surface area contributed by atoms with Gasteiger partial charge in [0, 0.05) is 25.3 Å². The zero-order valence-corrected chi connectivity index (χ0v) is 10.2. The van der Waals surface area contributed by atoms with Crippen LogP contribution in [0.2, 0.25) is 0 Å². The number of carbonyl (C=O) groups excluding carboxylic acids is 1. The second-order valence-corrected chi connectivity index (χ2v) is 4.46. The van der Waals surface area contributed by atoms with Gasteiger partial charge in [-0.15, -0.1) is 0 Å². The number of ether oxygens (including phenoxy) is 1. The molecular formula is C14H16N2O2. The molecule has 1 aliphatic heterocycles. The molecule has 1 fully saturated rings. The van der Waals surface area contributed by atoms with Crippen molar-refractivity contribution in [1.82, 2.24) is 5.32 Å². The molecule has 4 heteroatoms. The van der Waals surface area contributed by atoms with Gasteiger partial charge >= 0.3 is 0 Å². The van der Waals surface area contributed by atoms with Gasteiger partial charge in [0.2, 0.25) is 0 Å². The second-order valence-electron chi connectivity index (χ2n) is 4.46. The molecule has 1 aromatic rings. The van der Waals surface area contributed by atoms with Gasteiger partial charge in [-0.1, -0.05) is 6.07 Å². The third kappa shape index (κ3) is 3.31. The Kier molecular flexibility index (Phi) is 4.32. The molecule has 0 unspecified atom stereocenters. The van der Waals surface area contributed by atoms with Crippen molar-refractivity contribution in [1.29, 1.82) is 5.26 Å². The molecule has 94 valence electrons. The summed E-state index contributed by atoms with van der Waals surface area (Å²) in [5.41, 5.74) is 1.05. The molecule has 0 radical (unpaired) electrons. The van der Waals surface area contributed by atoms with E-state index in [2.05, 4.69) is 5.32 Å². The third-order valence-corrected chi connectivity index (χ3v) is 3.15. The van der Waals surface area contributed by atoms with E-state index in [9.17, 15) is 4.79 Å². The smallest absolute Gasteiger partial charge is 0.251 e. The topological polar surface area (TPSA) is 62.1 Å². The van der Waals surface area contributed by atoms with Crippen molar-refractivity contribution in [2.75, 3.05) is 19.8 Å². The van der Waals surface area contributed by atoms with Crippen LogP contribution in [0, 0.1) is 17.2 Å². The minimum absolute atomic E-state index is 0.112. The maximum absolute atomic E-state index is 11.9. The van der Waals surface area contributed by atoms with Crippen LogP contribution in [0.5, 0.6) is 0 Å².